The Balaban J connectivity index is 1.47. The van der Waals surface area contributed by atoms with Gasteiger partial charge >= 0.3 is 0 Å². The minimum atomic E-state index is -0.200. The third-order valence-corrected chi connectivity index (χ3v) is 5.81. The van der Waals surface area contributed by atoms with E-state index in [1.807, 2.05) is 56.3 Å². The molecule has 0 fully saturated rings. The standard InChI is InChI=1S/C26H23N3O3/c1-16(2)29(14-23-27-21-10-6-5-9-20(21)26(31)28-23)24(30)13-18-15-32-22-12-11-17-7-3-4-8-19(17)25(18)22/h3-12,15-16H,13-14H2,1-2H3,(H,27,28,31). The maximum absolute atomic E-state index is 13.3. The maximum atomic E-state index is 13.3. The molecule has 0 atom stereocenters. The number of nitrogens with one attached hydrogen (secondary N) is 1. The van der Waals surface area contributed by atoms with Crippen LogP contribution in [0.5, 0.6) is 0 Å². The molecule has 0 saturated carbocycles. The zero-order chi connectivity index (χ0) is 22.2. The van der Waals surface area contributed by atoms with E-state index in [0.29, 0.717) is 16.7 Å². The second kappa shape index (κ2) is 7.96. The lowest BCUT2D eigenvalue weighted by atomic mass is 10.0. The van der Waals surface area contributed by atoms with Crippen LogP contribution in [0, 0.1) is 0 Å². The first-order valence-electron chi connectivity index (χ1n) is 10.7. The van der Waals surface area contributed by atoms with Crippen molar-refractivity contribution in [3.8, 4) is 0 Å². The molecule has 5 aromatic rings. The summed E-state index contributed by atoms with van der Waals surface area (Å²) >= 11 is 0. The number of carbonyl (C=O) groups excluding carboxylic acids is 1. The summed E-state index contributed by atoms with van der Waals surface area (Å²) in [4.78, 5) is 34.9. The minimum absolute atomic E-state index is 0.0496. The number of carbonyl (C=O) groups is 1. The average Bonchev–Trinajstić information content (AvgIpc) is 3.20. The van der Waals surface area contributed by atoms with Gasteiger partial charge in [-0.25, -0.2) is 4.98 Å². The summed E-state index contributed by atoms with van der Waals surface area (Å²) in [5.74, 6) is 0.421. The van der Waals surface area contributed by atoms with Gasteiger partial charge in [-0.2, -0.15) is 0 Å². The maximum Gasteiger partial charge on any atom is 0.258 e. The fourth-order valence-electron chi connectivity index (χ4n) is 4.20. The van der Waals surface area contributed by atoms with Gasteiger partial charge in [0.25, 0.3) is 5.56 Å². The van der Waals surface area contributed by atoms with Crippen LogP contribution in [0.2, 0.25) is 0 Å². The van der Waals surface area contributed by atoms with E-state index >= 15 is 0 Å². The molecule has 0 radical (unpaired) electrons. The van der Waals surface area contributed by atoms with E-state index in [1.165, 1.54) is 0 Å². The zero-order valence-corrected chi connectivity index (χ0v) is 18.0. The van der Waals surface area contributed by atoms with Crippen LogP contribution in [-0.4, -0.2) is 26.8 Å². The monoisotopic (exact) mass is 425 g/mol. The first-order chi connectivity index (χ1) is 15.5. The fraction of sp³-hybridized carbons (Fsp3) is 0.192. The lowest BCUT2D eigenvalue weighted by Crippen LogP contribution is -2.38. The number of fused-ring (bicyclic) bond motifs is 4. The molecule has 160 valence electrons. The van der Waals surface area contributed by atoms with Crippen molar-refractivity contribution in [2.45, 2.75) is 32.9 Å². The molecule has 0 saturated heterocycles. The number of H-pyrrole nitrogens is 1. The predicted molar refractivity (Wildman–Crippen MR) is 125 cm³/mol. The second-order valence-electron chi connectivity index (χ2n) is 8.24. The first-order valence-corrected chi connectivity index (χ1v) is 10.7. The smallest absolute Gasteiger partial charge is 0.258 e. The Kier molecular flexibility index (Phi) is 4.98. The lowest BCUT2D eigenvalue weighted by molar-refractivity contribution is -0.132. The number of rotatable bonds is 5. The summed E-state index contributed by atoms with van der Waals surface area (Å²) in [7, 11) is 0. The number of benzene rings is 3. The molecule has 0 aliphatic rings. The van der Waals surface area contributed by atoms with E-state index in [2.05, 4.69) is 16.0 Å². The van der Waals surface area contributed by atoms with Crippen LogP contribution >= 0.6 is 0 Å². The average molecular weight is 425 g/mol. The predicted octanol–water partition coefficient (Wildman–Crippen LogP) is 4.80. The summed E-state index contributed by atoms with van der Waals surface area (Å²) in [6.07, 6.45) is 1.88. The van der Waals surface area contributed by atoms with Gasteiger partial charge in [0.2, 0.25) is 5.91 Å². The molecule has 3 aromatic carbocycles. The van der Waals surface area contributed by atoms with Gasteiger partial charge in [-0.05, 0) is 42.8 Å². The highest BCUT2D eigenvalue weighted by Gasteiger charge is 2.21. The fourth-order valence-corrected chi connectivity index (χ4v) is 4.20. The summed E-state index contributed by atoms with van der Waals surface area (Å²) in [6, 6.07) is 19.2. The molecule has 32 heavy (non-hydrogen) atoms. The summed E-state index contributed by atoms with van der Waals surface area (Å²) in [5, 5.41) is 3.68. The number of aromatic amines is 1. The molecule has 5 rings (SSSR count). The van der Waals surface area contributed by atoms with Crippen LogP contribution < -0.4 is 5.56 Å². The molecule has 0 unspecified atom stereocenters. The van der Waals surface area contributed by atoms with Crippen molar-refractivity contribution in [2.24, 2.45) is 0 Å². The van der Waals surface area contributed by atoms with Crippen molar-refractivity contribution in [1.82, 2.24) is 14.9 Å². The van der Waals surface area contributed by atoms with Gasteiger partial charge in [-0.3, -0.25) is 9.59 Å². The van der Waals surface area contributed by atoms with Crippen LogP contribution in [0.4, 0.5) is 0 Å². The Hall–Kier alpha value is -3.93. The van der Waals surface area contributed by atoms with E-state index in [4.69, 9.17) is 4.42 Å². The van der Waals surface area contributed by atoms with E-state index in [-0.39, 0.29) is 30.5 Å². The van der Waals surface area contributed by atoms with Crippen LogP contribution in [0.3, 0.4) is 0 Å². The molecule has 0 aliphatic heterocycles. The highest BCUT2D eigenvalue weighted by molar-refractivity contribution is 6.08. The number of furan rings is 1. The molecule has 2 heterocycles. The molecule has 1 amide bonds. The van der Waals surface area contributed by atoms with Gasteiger partial charge in [-0.15, -0.1) is 0 Å². The van der Waals surface area contributed by atoms with E-state index in [9.17, 15) is 9.59 Å². The summed E-state index contributed by atoms with van der Waals surface area (Å²) in [5.41, 5.74) is 2.04. The van der Waals surface area contributed by atoms with Gasteiger partial charge in [0.05, 0.1) is 30.1 Å². The summed E-state index contributed by atoms with van der Waals surface area (Å²) < 4.78 is 5.75. The molecule has 2 aromatic heterocycles. The number of para-hydroxylation sites is 1. The Labute approximate surface area is 184 Å². The van der Waals surface area contributed by atoms with Crippen LogP contribution in [0.15, 0.2) is 76.1 Å². The van der Waals surface area contributed by atoms with Crippen LogP contribution in [0.1, 0.15) is 25.2 Å². The Morgan fingerprint density at radius 2 is 1.78 bits per heavy atom. The molecule has 0 spiro atoms. The topological polar surface area (TPSA) is 79.2 Å². The number of hydrogen-bond acceptors (Lipinski definition) is 4. The van der Waals surface area contributed by atoms with Crippen molar-refractivity contribution < 1.29 is 9.21 Å². The molecular weight excluding hydrogens is 402 g/mol. The van der Waals surface area contributed by atoms with Gasteiger partial charge in [0.1, 0.15) is 11.4 Å². The Morgan fingerprint density at radius 3 is 2.59 bits per heavy atom. The largest absolute Gasteiger partial charge is 0.464 e. The van der Waals surface area contributed by atoms with Crippen molar-refractivity contribution in [1.29, 1.82) is 0 Å². The summed E-state index contributed by atoms with van der Waals surface area (Å²) in [6.45, 7) is 4.15. The van der Waals surface area contributed by atoms with E-state index < -0.39 is 0 Å². The van der Waals surface area contributed by atoms with Crippen LogP contribution in [-0.2, 0) is 17.8 Å². The third kappa shape index (κ3) is 3.54. The molecule has 0 aliphatic carbocycles. The van der Waals surface area contributed by atoms with Crippen molar-refractivity contribution in [2.75, 3.05) is 0 Å². The van der Waals surface area contributed by atoms with Gasteiger partial charge in [0.15, 0.2) is 0 Å². The molecular formula is C26H23N3O3. The normalized spacial score (nSPS) is 11.6. The zero-order valence-electron chi connectivity index (χ0n) is 18.0. The first kappa shape index (κ1) is 20.0. The molecule has 6 nitrogen and oxygen atoms in total. The van der Waals surface area contributed by atoms with Crippen molar-refractivity contribution in [3.63, 3.8) is 0 Å². The van der Waals surface area contributed by atoms with Gasteiger partial charge < -0.3 is 14.3 Å². The Morgan fingerprint density at radius 1 is 1.03 bits per heavy atom. The van der Waals surface area contributed by atoms with Gasteiger partial charge in [-0.1, -0.05) is 42.5 Å². The number of hydrogen-bond donors (Lipinski definition) is 1. The lowest BCUT2D eigenvalue weighted by Gasteiger charge is -2.26. The SMILES string of the molecule is CC(C)N(Cc1nc2ccccc2c(=O)[nH]1)C(=O)Cc1coc2ccc3ccccc3c12. The quantitative estimate of drug-likeness (QED) is 0.439. The van der Waals surface area contributed by atoms with Gasteiger partial charge in [0, 0.05) is 17.0 Å². The third-order valence-electron chi connectivity index (χ3n) is 5.81. The highest BCUT2D eigenvalue weighted by Crippen LogP contribution is 2.30. The highest BCUT2D eigenvalue weighted by atomic mass is 16.3. The molecule has 1 N–H and O–H groups in total. The van der Waals surface area contributed by atoms with E-state index in [0.717, 1.165) is 27.3 Å². The van der Waals surface area contributed by atoms with E-state index in [1.54, 1.807) is 23.3 Å². The molecule has 0 bridgehead atoms. The van der Waals surface area contributed by atoms with Crippen molar-refractivity contribution in [3.05, 3.63) is 88.7 Å². The second-order valence-corrected chi connectivity index (χ2v) is 8.24. The van der Waals surface area contributed by atoms with Crippen LogP contribution in [0.25, 0.3) is 32.6 Å². The number of aromatic nitrogens is 2. The minimum Gasteiger partial charge on any atom is -0.464 e. The Bertz CT molecular complexity index is 1510. The number of nitrogens with zero attached hydrogens (tertiary/aromatic N) is 2. The number of amides is 1. The van der Waals surface area contributed by atoms with Crippen molar-refractivity contribution >= 4 is 38.6 Å². The molecule has 6 heteroatoms.